The van der Waals surface area contributed by atoms with Crippen LogP contribution >= 0.6 is 0 Å². The Bertz CT molecular complexity index is 358. The van der Waals surface area contributed by atoms with Crippen molar-refractivity contribution in [1.29, 1.82) is 0 Å². The summed E-state index contributed by atoms with van der Waals surface area (Å²) in [6, 6.07) is 1.46. The number of hydrogen-bond donors (Lipinski definition) is 2. The fourth-order valence-electron chi connectivity index (χ4n) is 0.747. The Kier molecular flexibility index (Phi) is 1.69. The van der Waals surface area contributed by atoms with Crippen LogP contribution in [-0.4, -0.2) is 31.0 Å². The molecule has 6 nitrogen and oxygen atoms in total. The van der Waals surface area contributed by atoms with E-state index in [1.165, 1.54) is 12.3 Å². The summed E-state index contributed by atoms with van der Waals surface area (Å²) in [4.78, 5) is 3.86. The van der Waals surface area contributed by atoms with Crippen molar-refractivity contribution in [3.05, 3.63) is 12.3 Å². The van der Waals surface area contributed by atoms with E-state index in [-0.39, 0.29) is 11.2 Å². The van der Waals surface area contributed by atoms with E-state index in [1.807, 2.05) is 0 Å². The molecule has 0 aliphatic rings. The van der Waals surface area contributed by atoms with Gasteiger partial charge in [0.05, 0.1) is 0 Å². The molecule has 2 aromatic heterocycles. The predicted molar refractivity (Wildman–Crippen MR) is 37.0 cm³/mol. The second-order valence-corrected chi connectivity index (χ2v) is 1.84. The number of fused-ring (bicyclic) bond motifs is 1. The van der Waals surface area contributed by atoms with Crippen LogP contribution in [0.25, 0.3) is 11.2 Å². The van der Waals surface area contributed by atoms with Gasteiger partial charge in [0, 0.05) is 12.3 Å². The van der Waals surface area contributed by atoms with Crippen LogP contribution in [-0.2, 0) is 0 Å². The summed E-state index contributed by atoms with van der Waals surface area (Å²) in [6.45, 7) is 0. The van der Waals surface area contributed by atoms with Gasteiger partial charge in [-0.25, -0.2) is 10.1 Å². The number of rotatable bonds is 0. The van der Waals surface area contributed by atoms with E-state index in [2.05, 4.69) is 20.4 Å². The number of nitrogens with zero attached hydrogens (tertiary/aromatic N) is 3. The van der Waals surface area contributed by atoms with E-state index in [1.54, 1.807) is 0 Å². The molecule has 0 aromatic carbocycles. The zero-order valence-electron chi connectivity index (χ0n) is 5.44. The highest BCUT2D eigenvalue weighted by atomic mass is 16.3. The molecule has 0 saturated carbocycles. The maximum Gasteiger partial charge on any atom is 0.179 e. The highest BCUT2D eigenvalue weighted by Gasteiger charge is 2.01. The highest BCUT2D eigenvalue weighted by molar-refractivity contribution is 5.75. The van der Waals surface area contributed by atoms with Gasteiger partial charge in [0.15, 0.2) is 11.2 Å². The molecule has 0 amide bonds. The number of aromatic nitrogens is 4. The normalized spacial score (nSPS) is 9.45. The topological polar surface area (TPSA) is 106 Å². The summed E-state index contributed by atoms with van der Waals surface area (Å²) in [7, 11) is 0. The number of H-pyrrole nitrogens is 1. The van der Waals surface area contributed by atoms with Crippen LogP contribution < -0.4 is 0 Å². The summed E-state index contributed by atoms with van der Waals surface area (Å²) >= 11 is 0. The lowest BCUT2D eigenvalue weighted by atomic mass is 10.4. The molecule has 0 atom stereocenters. The molecule has 2 aromatic rings. The van der Waals surface area contributed by atoms with Crippen molar-refractivity contribution in [2.45, 2.75) is 0 Å². The molecule has 0 fully saturated rings. The Morgan fingerprint density at radius 1 is 1.45 bits per heavy atom. The standard InChI is InChI=1S/C5H4N4O.H2O/c10-3-1-2-6-5-4(3)7-9-8-5;/h1-2H,(H2,6,7,8,9,10);1H2. The minimum Gasteiger partial charge on any atom is -0.505 e. The average Bonchev–Trinajstić information content (AvgIpc) is 2.36. The second-order valence-electron chi connectivity index (χ2n) is 1.84. The smallest absolute Gasteiger partial charge is 0.179 e. The Labute approximate surface area is 61.2 Å². The third-order valence-electron chi connectivity index (χ3n) is 1.21. The fourth-order valence-corrected chi connectivity index (χ4v) is 0.747. The van der Waals surface area contributed by atoms with Gasteiger partial charge in [-0.1, -0.05) is 5.21 Å². The van der Waals surface area contributed by atoms with Crippen molar-refractivity contribution >= 4 is 11.2 Å². The van der Waals surface area contributed by atoms with Crippen LogP contribution in [0.3, 0.4) is 0 Å². The Morgan fingerprint density at radius 2 is 2.27 bits per heavy atom. The molecule has 11 heavy (non-hydrogen) atoms. The molecular formula is C5H6N4O2. The van der Waals surface area contributed by atoms with Crippen LogP contribution in [0.2, 0.25) is 0 Å². The van der Waals surface area contributed by atoms with Crippen LogP contribution in [0, 0.1) is 0 Å². The van der Waals surface area contributed by atoms with Crippen molar-refractivity contribution in [2.75, 3.05) is 0 Å². The Morgan fingerprint density at radius 3 is 3.00 bits per heavy atom. The quantitative estimate of drug-likeness (QED) is 0.519. The second kappa shape index (κ2) is 2.51. The van der Waals surface area contributed by atoms with Gasteiger partial charge < -0.3 is 10.6 Å². The average molecular weight is 154 g/mol. The van der Waals surface area contributed by atoms with Crippen LogP contribution in [0.4, 0.5) is 0 Å². The summed E-state index contributed by atoms with van der Waals surface area (Å²) in [5, 5.41) is 18.7. The first-order valence-corrected chi connectivity index (χ1v) is 2.72. The molecule has 58 valence electrons. The van der Waals surface area contributed by atoms with Gasteiger partial charge in [-0.15, -0.1) is 5.10 Å². The Balaban J connectivity index is 0.000000605. The van der Waals surface area contributed by atoms with Gasteiger partial charge in [0.1, 0.15) is 5.75 Å². The first kappa shape index (κ1) is 7.42. The molecule has 6 heteroatoms. The van der Waals surface area contributed by atoms with E-state index in [9.17, 15) is 0 Å². The zero-order valence-corrected chi connectivity index (χ0v) is 5.44. The van der Waals surface area contributed by atoms with E-state index in [4.69, 9.17) is 5.11 Å². The van der Waals surface area contributed by atoms with Crippen molar-refractivity contribution in [1.82, 2.24) is 20.4 Å². The number of hydrogen-bond acceptors (Lipinski definition) is 4. The number of aromatic hydroxyl groups is 1. The number of nitrogens with one attached hydrogen (secondary N) is 1. The Hall–Kier alpha value is -1.69. The fraction of sp³-hybridized carbons (Fsp3) is 0. The molecule has 4 N–H and O–H groups in total. The molecule has 0 spiro atoms. The summed E-state index contributed by atoms with van der Waals surface area (Å²) in [5.74, 6) is 0.0961. The van der Waals surface area contributed by atoms with Gasteiger partial charge in [-0.05, 0) is 0 Å². The minimum absolute atomic E-state index is 0. The number of pyridine rings is 1. The van der Waals surface area contributed by atoms with Crippen molar-refractivity contribution in [2.24, 2.45) is 0 Å². The van der Waals surface area contributed by atoms with Crippen molar-refractivity contribution < 1.29 is 10.6 Å². The zero-order chi connectivity index (χ0) is 6.97. The van der Waals surface area contributed by atoms with Gasteiger partial charge >= 0.3 is 0 Å². The van der Waals surface area contributed by atoms with Crippen LogP contribution in [0.1, 0.15) is 0 Å². The summed E-state index contributed by atoms with van der Waals surface area (Å²) < 4.78 is 0. The lowest BCUT2D eigenvalue weighted by Gasteiger charge is -1.87. The third kappa shape index (κ3) is 0.987. The van der Waals surface area contributed by atoms with E-state index >= 15 is 0 Å². The molecule has 0 radical (unpaired) electrons. The van der Waals surface area contributed by atoms with E-state index in [0.29, 0.717) is 11.2 Å². The summed E-state index contributed by atoms with van der Waals surface area (Å²) in [5.41, 5.74) is 0.905. The largest absolute Gasteiger partial charge is 0.505 e. The lowest BCUT2D eigenvalue weighted by Crippen LogP contribution is -1.74. The third-order valence-corrected chi connectivity index (χ3v) is 1.21. The molecule has 0 aliphatic heterocycles. The maximum absolute atomic E-state index is 9.10. The lowest BCUT2D eigenvalue weighted by molar-refractivity contribution is 0.480. The van der Waals surface area contributed by atoms with Gasteiger partial charge in [0.2, 0.25) is 0 Å². The molecule has 0 unspecified atom stereocenters. The molecule has 0 aliphatic carbocycles. The van der Waals surface area contributed by atoms with Gasteiger partial charge in [-0.2, -0.15) is 0 Å². The molecule has 0 saturated heterocycles. The number of aromatic amines is 1. The molecule has 2 heterocycles. The molecular weight excluding hydrogens is 148 g/mol. The van der Waals surface area contributed by atoms with Crippen molar-refractivity contribution in [3.63, 3.8) is 0 Å². The van der Waals surface area contributed by atoms with Crippen molar-refractivity contribution in [3.8, 4) is 5.75 Å². The van der Waals surface area contributed by atoms with E-state index < -0.39 is 0 Å². The predicted octanol–water partition coefficient (Wildman–Crippen LogP) is -0.766. The molecule has 2 rings (SSSR count). The minimum atomic E-state index is 0. The van der Waals surface area contributed by atoms with E-state index in [0.717, 1.165) is 0 Å². The SMILES string of the molecule is O.Oc1ccnc2[nH]nnc12. The first-order valence-electron chi connectivity index (χ1n) is 2.72. The van der Waals surface area contributed by atoms with Gasteiger partial charge in [-0.3, -0.25) is 0 Å². The van der Waals surface area contributed by atoms with Gasteiger partial charge in [0.25, 0.3) is 0 Å². The monoisotopic (exact) mass is 154 g/mol. The summed E-state index contributed by atoms with van der Waals surface area (Å²) in [6.07, 6.45) is 1.48. The van der Waals surface area contributed by atoms with Crippen LogP contribution in [0.5, 0.6) is 5.75 Å². The first-order chi connectivity index (χ1) is 4.88. The van der Waals surface area contributed by atoms with Crippen LogP contribution in [0.15, 0.2) is 12.3 Å². The highest BCUT2D eigenvalue weighted by Crippen LogP contribution is 2.16. The maximum atomic E-state index is 9.10. The molecule has 0 bridgehead atoms.